The normalized spacial score (nSPS) is 14.1. The minimum Gasteiger partial charge on any atom is -0.465 e. The molecule has 80 valence electrons. The predicted molar refractivity (Wildman–Crippen MR) is 55.4 cm³/mol. The van der Waals surface area contributed by atoms with E-state index in [-0.39, 0.29) is 0 Å². The molecule has 1 amide bonds. The van der Waals surface area contributed by atoms with Crippen molar-refractivity contribution in [3.63, 3.8) is 0 Å². The molecule has 0 spiro atoms. The summed E-state index contributed by atoms with van der Waals surface area (Å²) in [7, 11) is 0. The molecule has 3 N–H and O–H groups in total. The average molecular weight is 207 g/mol. The number of anilines is 1. The van der Waals surface area contributed by atoms with Crippen molar-refractivity contribution in [1.82, 2.24) is 9.88 Å². The zero-order valence-corrected chi connectivity index (χ0v) is 8.74. The number of aryl methyl sites for hydroxylation is 1. The molecule has 2 heterocycles. The molecule has 1 aromatic heterocycles. The molecule has 0 radical (unpaired) electrons. The summed E-state index contributed by atoms with van der Waals surface area (Å²) in [5, 5.41) is 8.90. The Morgan fingerprint density at radius 3 is 2.60 bits per heavy atom. The highest BCUT2D eigenvalue weighted by molar-refractivity contribution is 5.68. The van der Waals surface area contributed by atoms with Gasteiger partial charge in [-0.25, -0.2) is 9.78 Å². The average Bonchev–Trinajstić information content (AvgIpc) is 2.59. The van der Waals surface area contributed by atoms with Crippen molar-refractivity contribution >= 4 is 11.9 Å². The monoisotopic (exact) mass is 207 g/mol. The van der Waals surface area contributed by atoms with Gasteiger partial charge in [0.15, 0.2) is 0 Å². The van der Waals surface area contributed by atoms with Gasteiger partial charge in [0.05, 0.1) is 13.1 Å². The van der Waals surface area contributed by atoms with E-state index in [1.165, 1.54) is 4.90 Å². The van der Waals surface area contributed by atoms with Crippen LogP contribution in [0.1, 0.15) is 22.4 Å². The number of hydrogen-bond acceptors (Lipinski definition) is 3. The highest BCUT2D eigenvalue weighted by Crippen LogP contribution is 2.30. The summed E-state index contributed by atoms with van der Waals surface area (Å²) < 4.78 is 0. The van der Waals surface area contributed by atoms with Crippen molar-refractivity contribution in [3.8, 4) is 0 Å². The molecular formula is C10H13N3O2. The fourth-order valence-corrected chi connectivity index (χ4v) is 1.89. The number of pyridine rings is 1. The summed E-state index contributed by atoms with van der Waals surface area (Å²) in [6.07, 6.45) is -0.914. The van der Waals surface area contributed by atoms with Crippen LogP contribution in [-0.2, 0) is 13.1 Å². The topological polar surface area (TPSA) is 79.5 Å². The third kappa shape index (κ3) is 1.40. The Balaban J connectivity index is 2.49. The van der Waals surface area contributed by atoms with Crippen LogP contribution < -0.4 is 5.73 Å². The van der Waals surface area contributed by atoms with Gasteiger partial charge >= 0.3 is 6.09 Å². The molecule has 0 saturated heterocycles. The lowest BCUT2D eigenvalue weighted by molar-refractivity contribution is 0.145. The third-order valence-corrected chi connectivity index (χ3v) is 2.93. The molecule has 5 heteroatoms. The number of nitrogen functional groups attached to an aromatic ring is 1. The van der Waals surface area contributed by atoms with Gasteiger partial charge in [0, 0.05) is 11.3 Å². The summed E-state index contributed by atoms with van der Waals surface area (Å²) >= 11 is 0. The number of amides is 1. The Morgan fingerprint density at radius 2 is 2.00 bits per heavy atom. The fraction of sp³-hybridized carbons (Fsp3) is 0.400. The summed E-state index contributed by atoms with van der Waals surface area (Å²) in [5.74, 6) is 0.455. The Morgan fingerprint density at radius 1 is 1.40 bits per heavy atom. The lowest BCUT2D eigenvalue weighted by Gasteiger charge is -2.09. The molecule has 0 bridgehead atoms. The molecule has 1 aliphatic rings. The number of carbonyl (C=O) groups is 1. The van der Waals surface area contributed by atoms with Crippen molar-refractivity contribution in [3.05, 3.63) is 22.4 Å². The highest BCUT2D eigenvalue weighted by atomic mass is 16.4. The van der Waals surface area contributed by atoms with E-state index in [1.54, 1.807) is 0 Å². The number of carboxylic acid groups (broad SMARTS) is 1. The molecule has 0 atom stereocenters. The third-order valence-electron chi connectivity index (χ3n) is 2.93. The first-order valence-electron chi connectivity index (χ1n) is 4.73. The lowest BCUT2D eigenvalue weighted by atomic mass is 10.0. The number of nitrogens with two attached hydrogens (primary N) is 1. The minimum absolute atomic E-state index is 0.352. The van der Waals surface area contributed by atoms with Gasteiger partial charge in [-0.3, -0.25) is 4.90 Å². The van der Waals surface area contributed by atoms with E-state index < -0.39 is 6.09 Å². The van der Waals surface area contributed by atoms with Gasteiger partial charge in [0.25, 0.3) is 0 Å². The van der Waals surface area contributed by atoms with Crippen LogP contribution in [0, 0.1) is 13.8 Å². The van der Waals surface area contributed by atoms with Gasteiger partial charge in [-0.15, -0.1) is 0 Å². The van der Waals surface area contributed by atoms with Crippen molar-refractivity contribution in [2.45, 2.75) is 26.9 Å². The summed E-state index contributed by atoms with van der Waals surface area (Å²) in [6.45, 7) is 4.61. The van der Waals surface area contributed by atoms with Crippen LogP contribution in [0.4, 0.5) is 10.6 Å². The first kappa shape index (κ1) is 9.76. The number of hydrogen-bond donors (Lipinski definition) is 2. The fourth-order valence-electron chi connectivity index (χ4n) is 1.89. The van der Waals surface area contributed by atoms with E-state index in [0.29, 0.717) is 18.9 Å². The maximum Gasteiger partial charge on any atom is 0.407 e. The quantitative estimate of drug-likeness (QED) is 0.671. The first-order chi connectivity index (χ1) is 7.00. The van der Waals surface area contributed by atoms with E-state index in [2.05, 4.69) is 4.98 Å². The van der Waals surface area contributed by atoms with E-state index in [1.807, 2.05) is 13.8 Å². The Kier molecular flexibility index (Phi) is 2.03. The predicted octanol–water partition coefficient (Wildman–Crippen LogP) is 1.27. The number of rotatable bonds is 0. The van der Waals surface area contributed by atoms with Crippen molar-refractivity contribution in [2.75, 3.05) is 5.73 Å². The summed E-state index contributed by atoms with van der Waals surface area (Å²) in [6, 6.07) is 0. The van der Waals surface area contributed by atoms with Crippen LogP contribution >= 0.6 is 0 Å². The molecule has 0 unspecified atom stereocenters. The molecule has 5 nitrogen and oxygen atoms in total. The minimum atomic E-state index is -0.914. The largest absolute Gasteiger partial charge is 0.465 e. The zero-order valence-electron chi connectivity index (χ0n) is 8.74. The second-order valence-electron chi connectivity index (χ2n) is 3.80. The molecule has 0 saturated carbocycles. The Hall–Kier alpha value is -1.78. The molecule has 2 rings (SSSR count). The van der Waals surface area contributed by atoms with Gasteiger partial charge in [-0.05, 0) is 25.0 Å². The van der Waals surface area contributed by atoms with Crippen LogP contribution in [-0.4, -0.2) is 21.1 Å². The van der Waals surface area contributed by atoms with Crippen LogP contribution in [0.2, 0.25) is 0 Å². The van der Waals surface area contributed by atoms with Gasteiger partial charge in [0.2, 0.25) is 0 Å². The standard InChI is InChI=1S/C10H13N3O2/c1-5-6(2)12-9(11)8-4-13(10(14)15)3-7(5)8/h3-4H2,1-2H3,(H2,11,12)(H,14,15). The van der Waals surface area contributed by atoms with Crippen LogP contribution in [0.3, 0.4) is 0 Å². The second-order valence-corrected chi connectivity index (χ2v) is 3.80. The van der Waals surface area contributed by atoms with Crippen molar-refractivity contribution in [2.24, 2.45) is 0 Å². The smallest absolute Gasteiger partial charge is 0.407 e. The maximum absolute atomic E-state index is 10.8. The van der Waals surface area contributed by atoms with Crippen LogP contribution in [0.25, 0.3) is 0 Å². The Bertz CT molecular complexity index is 443. The molecule has 1 aromatic rings. The molecule has 0 fully saturated rings. The van der Waals surface area contributed by atoms with Gasteiger partial charge in [0.1, 0.15) is 5.82 Å². The Labute approximate surface area is 87.5 Å². The second kappa shape index (κ2) is 3.12. The highest BCUT2D eigenvalue weighted by Gasteiger charge is 2.27. The maximum atomic E-state index is 10.8. The van der Waals surface area contributed by atoms with Gasteiger partial charge < -0.3 is 10.8 Å². The van der Waals surface area contributed by atoms with Crippen LogP contribution in [0.15, 0.2) is 0 Å². The van der Waals surface area contributed by atoms with E-state index in [0.717, 1.165) is 22.4 Å². The molecule has 0 aliphatic carbocycles. The molecule has 1 aliphatic heterocycles. The molecule has 0 aromatic carbocycles. The van der Waals surface area contributed by atoms with E-state index >= 15 is 0 Å². The number of aromatic nitrogens is 1. The molecule has 15 heavy (non-hydrogen) atoms. The van der Waals surface area contributed by atoms with Gasteiger partial charge in [-0.1, -0.05) is 0 Å². The lowest BCUT2D eigenvalue weighted by Crippen LogP contribution is -2.22. The number of fused-ring (bicyclic) bond motifs is 1. The summed E-state index contributed by atoms with van der Waals surface area (Å²) in [4.78, 5) is 16.4. The number of nitrogens with zero attached hydrogens (tertiary/aromatic N) is 2. The zero-order chi connectivity index (χ0) is 11.2. The first-order valence-corrected chi connectivity index (χ1v) is 4.73. The SMILES string of the molecule is Cc1nc(N)c2c(c1C)CN(C(=O)O)C2. The van der Waals surface area contributed by atoms with Crippen LogP contribution in [0.5, 0.6) is 0 Å². The molecular weight excluding hydrogens is 194 g/mol. The van der Waals surface area contributed by atoms with Gasteiger partial charge in [-0.2, -0.15) is 0 Å². The van der Waals surface area contributed by atoms with Crippen molar-refractivity contribution in [1.29, 1.82) is 0 Å². The summed E-state index contributed by atoms with van der Waals surface area (Å²) in [5.41, 5.74) is 9.57. The van der Waals surface area contributed by atoms with E-state index in [9.17, 15) is 4.79 Å². The van der Waals surface area contributed by atoms with E-state index in [4.69, 9.17) is 10.8 Å². The van der Waals surface area contributed by atoms with Crippen molar-refractivity contribution < 1.29 is 9.90 Å².